The van der Waals surface area contributed by atoms with Crippen molar-refractivity contribution in [1.29, 1.82) is 0 Å². The van der Waals surface area contributed by atoms with Gasteiger partial charge in [0.05, 0.1) is 19.8 Å². The molecule has 0 radical (unpaired) electrons. The van der Waals surface area contributed by atoms with Crippen LogP contribution in [0.5, 0.6) is 11.5 Å². The molecule has 0 bridgehead atoms. The lowest BCUT2D eigenvalue weighted by atomic mass is 10.0. The molecule has 0 spiro atoms. The highest BCUT2D eigenvalue weighted by Gasteiger charge is 2.17. The number of benzene rings is 1. The predicted octanol–water partition coefficient (Wildman–Crippen LogP) is 2.78. The summed E-state index contributed by atoms with van der Waals surface area (Å²) in [5.74, 6) is 2.13. The van der Waals surface area contributed by atoms with Gasteiger partial charge in [0, 0.05) is 18.6 Å². The van der Waals surface area contributed by atoms with E-state index in [1.54, 1.807) is 0 Å². The molecule has 2 unspecified atom stereocenters. The van der Waals surface area contributed by atoms with Crippen LogP contribution in [0.4, 0.5) is 0 Å². The summed E-state index contributed by atoms with van der Waals surface area (Å²) in [6.07, 6.45) is 2.92. The number of hydrogen-bond donors (Lipinski definition) is 1. The summed E-state index contributed by atoms with van der Waals surface area (Å²) in [5, 5.41) is 0. The van der Waals surface area contributed by atoms with Crippen molar-refractivity contribution >= 4 is 0 Å². The maximum Gasteiger partial charge on any atom is 0.161 e. The van der Waals surface area contributed by atoms with Crippen LogP contribution in [0.1, 0.15) is 32.3 Å². The summed E-state index contributed by atoms with van der Waals surface area (Å²) < 4.78 is 17.0. The van der Waals surface area contributed by atoms with Gasteiger partial charge >= 0.3 is 0 Å². The molecule has 1 fully saturated rings. The highest BCUT2D eigenvalue weighted by Crippen LogP contribution is 2.30. The maximum atomic E-state index is 6.02. The van der Waals surface area contributed by atoms with E-state index in [2.05, 4.69) is 19.1 Å². The van der Waals surface area contributed by atoms with Crippen LogP contribution in [0.2, 0.25) is 0 Å². The number of nitrogens with two attached hydrogens (primary N) is 1. The first kappa shape index (κ1) is 16.1. The van der Waals surface area contributed by atoms with Gasteiger partial charge in [-0.3, -0.25) is 0 Å². The molecular weight excluding hydrogens is 266 g/mol. The molecular formula is C17H27NO3. The Kier molecular flexibility index (Phi) is 6.33. The summed E-state index contributed by atoms with van der Waals surface area (Å²) in [7, 11) is 0. The largest absolute Gasteiger partial charge is 0.490 e. The molecule has 0 saturated carbocycles. The van der Waals surface area contributed by atoms with E-state index in [1.165, 1.54) is 5.56 Å². The van der Waals surface area contributed by atoms with Crippen molar-refractivity contribution < 1.29 is 14.2 Å². The third kappa shape index (κ3) is 4.90. The van der Waals surface area contributed by atoms with Crippen LogP contribution in [0.25, 0.3) is 0 Å². The van der Waals surface area contributed by atoms with Crippen molar-refractivity contribution in [3.8, 4) is 11.5 Å². The molecule has 1 aliphatic rings. The van der Waals surface area contributed by atoms with Crippen LogP contribution in [0, 0.1) is 5.92 Å². The fourth-order valence-corrected chi connectivity index (χ4v) is 2.44. The summed E-state index contributed by atoms with van der Waals surface area (Å²) in [4.78, 5) is 0. The first-order valence-corrected chi connectivity index (χ1v) is 7.94. The topological polar surface area (TPSA) is 53.7 Å². The van der Waals surface area contributed by atoms with E-state index >= 15 is 0 Å². The number of rotatable bonds is 8. The zero-order valence-corrected chi connectivity index (χ0v) is 13.1. The van der Waals surface area contributed by atoms with Crippen molar-refractivity contribution in [1.82, 2.24) is 0 Å². The van der Waals surface area contributed by atoms with E-state index in [9.17, 15) is 0 Å². The molecule has 0 aromatic heterocycles. The standard InChI is InChI=1S/C17H27NO3/c1-3-15(18)9-13-5-6-16(17(10-13)20-4-2)21-12-14-7-8-19-11-14/h5-6,10,14-15H,3-4,7-9,11-12,18H2,1-2H3. The molecule has 1 aromatic rings. The molecule has 0 aliphatic carbocycles. The molecule has 2 rings (SSSR count). The second-order valence-electron chi connectivity index (χ2n) is 5.63. The van der Waals surface area contributed by atoms with Crippen molar-refractivity contribution in [3.05, 3.63) is 23.8 Å². The van der Waals surface area contributed by atoms with Crippen molar-refractivity contribution in [2.45, 2.75) is 39.2 Å². The average molecular weight is 293 g/mol. The van der Waals surface area contributed by atoms with Gasteiger partial charge in [-0.15, -0.1) is 0 Å². The van der Waals surface area contributed by atoms with Crippen LogP contribution >= 0.6 is 0 Å². The minimum Gasteiger partial charge on any atom is -0.490 e. The monoisotopic (exact) mass is 293 g/mol. The van der Waals surface area contributed by atoms with Crippen molar-refractivity contribution in [3.63, 3.8) is 0 Å². The quantitative estimate of drug-likeness (QED) is 0.801. The predicted molar refractivity (Wildman–Crippen MR) is 84.0 cm³/mol. The Hall–Kier alpha value is -1.26. The Labute approximate surface area is 127 Å². The van der Waals surface area contributed by atoms with Gasteiger partial charge in [0.1, 0.15) is 0 Å². The van der Waals surface area contributed by atoms with Crippen molar-refractivity contribution in [2.75, 3.05) is 26.4 Å². The summed E-state index contributed by atoms with van der Waals surface area (Å²) in [5.41, 5.74) is 7.22. The molecule has 1 aliphatic heterocycles. The van der Waals surface area contributed by atoms with E-state index in [0.717, 1.165) is 44.0 Å². The molecule has 0 amide bonds. The zero-order chi connectivity index (χ0) is 15.1. The third-order valence-electron chi connectivity index (χ3n) is 3.83. The van der Waals surface area contributed by atoms with Crippen LogP contribution in [-0.2, 0) is 11.2 Å². The average Bonchev–Trinajstić information content (AvgIpc) is 3.00. The smallest absolute Gasteiger partial charge is 0.161 e. The molecule has 4 heteroatoms. The van der Waals surface area contributed by atoms with Gasteiger partial charge in [-0.05, 0) is 43.9 Å². The Morgan fingerprint density at radius 2 is 2.14 bits per heavy atom. The van der Waals surface area contributed by atoms with Gasteiger partial charge in [-0.25, -0.2) is 0 Å². The Balaban J connectivity index is 2.01. The lowest BCUT2D eigenvalue weighted by Crippen LogP contribution is -2.21. The normalized spacial score (nSPS) is 19.5. The minimum atomic E-state index is 0.196. The van der Waals surface area contributed by atoms with Gasteiger partial charge in [0.2, 0.25) is 0 Å². The molecule has 1 heterocycles. The fourth-order valence-electron chi connectivity index (χ4n) is 2.44. The van der Waals surface area contributed by atoms with E-state index in [1.807, 2.05) is 13.0 Å². The maximum absolute atomic E-state index is 6.02. The summed E-state index contributed by atoms with van der Waals surface area (Å²) in [6.45, 7) is 7.06. The second-order valence-corrected chi connectivity index (χ2v) is 5.63. The van der Waals surface area contributed by atoms with Gasteiger partial charge in [0.25, 0.3) is 0 Å². The van der Waals surface area contributed by atoms with Crippen LogP contribution in [0.3, 0.4) is 0 Å². The third-order valence-corrected chi connectivity index (χ3v) is 3.83. The van der Waals surface area contributed by atoms with Gasteiger partial charge < -0.3 is 19.9 Å². The first-order valence-electron chi connectivity index (χ1n) is 7.94. The molecule has 1 aromatic carbocycles. The van der Waals surface area contributed by atoms with E-state index in [0.29, 0.717) is 19.1 Å². The Bertz CT molecular complexity index is 430. The molecule has 118 valence electrons. The number of ether oxygens (including phenoxy) is 3. The fraction of sp³-hybridized carbons (Fsp3) is 0.647. The van der Waals surface area contributed by atoms with Gasteiger partial charge in [-0.2, -0.15) is 0 Å². The van der Waals surface area contributed by atoms with Crippen LogP contribution < -0.4 is 15.2 Å². The van der Waals surface area contributed by atoms with Gasteiger partial charge in [-0.1, -0.05) is 13.0 Å². The lowest BCUT2D eigenvalue weighted by molar-refractivity contribution is 0.165. The second kappa shape index (κ2) is 8.25. The molecule has 21 heavy (non-hydrogen) atoms. The molecule has 2 atom stereocenters. The van der Waals surface area contributed by atoms with Crippen LogP contribution in [0.15, 0.2) is 18.2 Å². The summed E-state index contributed by atoms with van der Waals surface area (Å²) >= 11 is 0. The Morgan fingerprint density at radius 1 is 1.29 bits per heavy atom. The first-order chi connectivity index (χ1) is 10.2. The van der Waals surface area contributed by atoms with Gasteiger partial charge in [0.15, 0.2) is 11.5 Å². The van der Waals surface area contributed by atoms with Crippen LogP contribution in [-0.4, -0.2) is 32.5 Å². The molecule has 4 nitrogen and oxygen atoms in total. The van der Waals surface area contributed by atoms with E-state index in [4.69, 9.17) is 19.9 Å². The molecule has 1 saturated heterocycles. The lowest BCUT2D eigenvalue weighted by Gasteiger charge is -2.16. The highest BCUT2D eigenvalue weighted by molar-refractivity contribution is 5.43. The zero-order valence-electron chi connectivity index (χ0n) is 13.1. The number of hydrogen-bond acceptors (Lipinski definition) is 4. The minimum absolute atomic E-state index is 0.196. The summed E-state index contributed by atoms with van der Waals surface area (Å²) in [6, 6.07) is 6.33. The SMILES string of the molecule is CCOc1cc(CC(N)CC)ccc1OCC1CCOC1. The Morgan fingerprint density at radius 3 is 2.81 bits per heavy atom. The highest BCUT2D eigenvalue weighted by atomic mass is 16.5. The van der Waals surface area contributed by atoms with Crippen molar-refractivity contribution in [2.24, 2.45) is 11.7 Å². The molecule has 2 N–H and O–H groups in total. The van der Waals surface area contributed by atoms with E-state index < -0.39 is 0 Å². The van der Waals surface area contributed by atoms with E-state index in [-0.39, 0.29) is 6.04 Å².